The molecular formula is C4H3ClIN3. The molecule has 3 nitrogen and oxygen atoms in total. The molecule has 0 fully saturated rings. The number of halogens is 2. The van der Waals surface area contributed by atoms with Crippen molar-refractivity contribution in [2.45, 2.75) is 0 Å². The average molecular weight is 255 g/mol. The SMILES string of the molecule is Clc1ccnc(NI)n1. The van der Waals surface area contributed by atoms with Crippen molar-refractivity contribution in [3.8, 4) is 0 Å². The minimum Gasteiger partial charge on any atom is -0.297 e. The van der Waals surface area contributed by atoms with E-state index in [9.17, 15) is 0 Å². The van der Waals surface area contributed by atoms with Gasteiger partial charge < -0.3 is 0 Å². The van der Waals surface area contributed by atoms with Crippen LogP contribution in [-0.2, 0) is 0 Å². The predicted molar refractivity (Wildman–Crippen MR) is 44.7 cm³/mol. The summed E-state index contributed by atoms with van der Waals surface area (Å²) < 4.78 is 2.73. The van der Waals surface area contributed by atoms with E-state index in [1.54, 1.807) is 12.3 Å². The zero-order valence-corrected chi connectivity index (χ0v) is 7.22. The van der Waals surface area contributed by atoms with E-state index in [-0.39, 0.29) is 0 Å². The summed E-state index contributed by atoms with van der Waals surface area (Å²) in [6.07, 6.45) is 1.59. The van der Waals surface area contributed by atoms with Crippen molar-refractivity contribution >= 4 is 40.4 Å². The van der Waals surface area contributed by atoms with Crippen molar-refractivity contribution in [1.29, 1.82) is 0 Å². The molecule has 0 aromatic carbocycles. The molecule has 1 aromatic heterocycles. The molecule has 9 heavy (non-hydrogen) atoms. The van der Waals surface area contributed by atoms with Gasteiger partial charge in [0.1, 0.15) is 5.15 Å². The smallest absolute Gasteiger partial charge is 0.232 e. The summed E-state index contributed by atoms with van der Waals surface area (Å²) in [4.78, 5) is 7.67. The van der Waals surface area contributed by atoms with Crippen molar-refractivity contribution in [3.63, 3.8) is 0 Å². The van der Waals surface area contributed by atoms with Gasteiger partial charge in [-0.1, -0.05) is 11.6 Å². The van der Waals surface area contributed by atoms with E-state index >= 15 is 0 Å². The molecule has 0 spiro atoms. The number of rotatable bonds is 1. The molecule has 0 unspecified atom stereocenters. The first kappa shape index (κ1) is 7.01. The number of aromatic nitrogens is 2. The van der Waals surface area contributed by atoms with Crippen LogP contribution in [0.5, 0.6) is 0 Å². The van der Waals surface area contributed by atoms with Gasteiger partial charge in [0.15, 0.2) is 0 Å². The maximum absolute atomic E-state index is 5.53. The molecule has 0 saturated heterocycles. The van der Waals surface area contributed by atoms with Crippen molar-refractivity contribution < 1.29 is 0 Å². The van der Waals surface area contributed by atoms with Gasteiger partial charge >= 0.3 is 0 Å². The Morgan fingerprint density at radius 2 is 2.44 bits per heavy atom. The molecule has 0 amide bonds. The monoisotopic (exact) mass is 255 g/mol. The Labute approximate surface area is 71.3 Å². The first-order chi connectivity index (χ1) is 4.33. The lowest BCUT2D eigenvalue weighted by molar-refractivity contribution is 1.19. The van der Waals surface area contributed by atoms with Gasteiger partial charge in [0, 0.05) is 6.20 Å². The lowest BCUT2D eigenvalue weighted by atomic mass is 10.7. The van der Waals surface area contributed by atoms with Crippen molar-refractivity contribution in [2.75, 3.05) is 3.53 Å². The molecule has 0 radical (unpaired) electrons. The van der Waals surface area contributed by atoms with Gasteiger partial charge in [-0.15, -0.1) is 0 Å². The maximum Gasteiger partial charge on any atom is 0.232 e. The first-order valence-corrected chi connectivity index (χ1v) is 3.64. The molecule has 1 N–H and O–H groups in total. The molecule has 0 aliphatic rings. The maximum atomic E-state index is 5.53. The molecule has 0 bridgehead atoms. The Kier molecular flexibility index (Phi) is 2.47. The van der Waals surface area contributed by atoms with Crippen LogP contribution in [0.2, 0.25) is 5.15 Å². The van der Waals surface area contributed by atoms with E-state index in [4.69, 9.17) is 11.6 Å². The second-order valence-electron chi connectivity index (χ2n) is 1.30. The highest BCUT2D eigenvalue weighted by molar-refractivity contribution is 14.1. The van der Waals surface area contributed by atoms with E-state index in [0.717, 1.165) is 0 Å². The molecular weight excluding hydrogens is 252 g/mol. The zero-order valence-electron chi connectivity index (χ0n) is 4.31. The number of nitrogens with one attached hydrogen (secondary N) is 1. The molecule has 48 valence electrons. The summed E-state index contributed by atoms with van der Waals surface area (Å²) >= 11 is 7.47. The van der Waals surface area contributed by atoms with E-state index in [0.29, 0.717) is 11.1 Å². The van der Waals surface area contributed by atoms with Gasteiger partial charge in [0.25, 0.3) is 0 Å². The molecule has 1 heterocycles. The molecule has 1 rings (SSSR count). The van der Waals surface area contributed by atoms with E-state index in [1.807, 2.05) is 22.9 Å². The summed E-state index contributed by atoms with van der Waals surface area (Å²) in [5, 5.41) is 0.448. The normalized spacial score (nSPS) is 9.11. The molecule has 0 aliphatic carbocycles. The van der Waals surface area contributed by atoms with E-state index < -0.39 is 0 Å². The van der Waals surface area contributed by atoms with E-state index in [1.165, 1.54) is 0 Å². The van der Waals surface area contributed by atoms with Crippen LogP contribution in [0.25, 0.3) is 0 Å². The van der Waals surface area contributed by atoms with Crippen LogP contribution < -0.4 is 3.53 Å². The summed E-state index contributed by atoms with van der Waals surface area (Å²) in [7, 11) is 0. The number of nitrogens with zero attached hydrogens (tertiary/aromatic N) is 2. The van der Waals surface area contributed by atoms with Crippen LogP contribution in [0.3, 0.4) is 0 Å². The van der Waals surface area contributed by atoms with Crippen LogP contribution in [0.15, 0.2) is 12.3 Å². The Hall–Kier alpha value is -0.100. The van der Waals surface area contributed by atoms with Crippen LogP contribution in [0.4, 0.5) is 5.95 Å². The largest absolute Gasteiger partial charge is 0.297 e. The molecule has 0 atom stereocenters. The summed E-state index contributed by atoms with van der Waals surface area (Å²) in [6.45, 7) is 0. The Balaban J connectivity index is 2.94. The zero-order chi connectivity index (χ0) is 6.69. The minimum absolute atomic E-state index is 0.448. The van der Waals surface area contributed by atoms with Crippen molar-refractivity contribution in [1.82, 2.24) is 9.97 Å². The highest BCUT2D eigenvalue weighted by atomic mass is 127. The van der Waals surface area contributed by atoms with Gasteiger partial charge in [-0.2, -0.15) is 0 Å². The van der Waals surface area contributed by atoms with Gasteiger partial charge in [-0.25, -0.2) is 9.97 Å². The highest BCUT2D eigenvalue weighted by Crippen LogP contribution is 2.06. The third kappa shape index (κ3) is 1.94. The average Bonchev–Trinajstić information content (AvgIpc) is 1.88. The van der Waals surface area contributed by atoms with Crippen LogP contribution >= 0.6 is 34.5 Å². The molecule has 0 aliphatic heterocycles. The third-order valence-electron chi connectivity index (χ3n) is 0.706. The van der Waals surface area contributed by atoms with Crippen LogP contribution in [0.1, 0.15) is 0 Å². The van der Waals surface area contributed by atoms with Gasteiger partial charge in [0.2, 0.25) is 5.95 Å². The minimum atomic E-state index is 0.448. The highest BCUT2D eigenvalue weighted by Gasteiger charge is 1.90. The summed E-state index contributed by atoms with van der Waals surface area (Å²) in [5.41, 5.74) is 0. The summed E-state index contributed by atoms with van der Waals surface area (Å²) in [6, 6.07) is 1.62. The molecule has 1 aromatic rings. The van der Waals surface area contributed by atoms with Gasteiger partial charge in [-0.05, 0) is 6.07 Å². The number of anilines is 1. The third-order valence-corrected chi connectivity index (χ3v) is 1.40. The Morgan fingerprint density at radius 3 is 2.89 bits per heavy atom. The molecule has 5 heteroatoms. The van der Waals surface area contributed by atoms with Crippen molar-refractivity contribution in [3.05, 3.63) is 17.4 Å². The second kappa shape index (κ2) is 3.17. The van der Waals surface area contributed by atoms with Gasteiger partial charge in [-0.3, -0.25) is 3.53 Å². The number of hydrogen-bond acceptors (Lipinski definition) is 3. The Bertz CT molecular complexity index is 205. The first-order valence-electron chi connectivity index (χ1n) is 2.18. The van der Waals surface area contributed by atoms with Crippen molar-refractivity contribution in [2.24, 2.45) is 0 Å². The fourth-order valence-electron chi connectivity index (χ4n) is 0.382. The predicted octanol–water partition coefficient (Wildman–Crippen LogP) is 1.89. The Morgan fingerprint density at radius 1 is 1.67 bits per heavy atom. The standard InChI is InChI=1S/C4H3ClIN3/c5-3-1-2-7-4(8-3)9-6/h1-2H,(H,7,8,9). The molecule has 0 saturated carbocycles. The lowest BCUT2D eigenvalue weighted by Crippen LogP contribution is -1.87. The fourth-order valence-corrected chi connectivity index (χ4v) is 0.778. The van der Waals surface area contributed by atoms with E-state index in [2.05, 4.69) is 13.5 Å². The fraction of sp³-hybridized carbons (Fsp3) is 0. The van der Waals surface area contributed by atoms with Crippen LogP contribution in [0, 0.1) is 0 Å². The number of hydrogen-bond donors (Lipinski definition) is 1. The van der Waals surface area contributed by atoms with Gasteiger partial charge in [0.05, 0.1) is 22.9 Å². The quantitative estimate of drug-likeness (QED) is 0.473. The summed E-state index contributed by atoms with van der Waals surface area (Å²) in [5.74, 6) is 0.531. The topological polar surface area (TPSA) is 37.8 Å². The van der Waals surface area contributed by atoms with Crippen LogP contribution in [-0.4, -0.2) is 9.97 Å². The lowest BCUT2D eigenvalue weighted by Gasteiger charge is -1.92. The second-order valence-corrected chi connectivity index (χ2v) is 2.22.